The van der Waals surface area contributed by atoms with Gasteiger partial charge in [0.05, 0.1) is 6.20 Å². The number of hydrogen-bond acceptors (Lipinski definition) is 5. The predicted octanol–water partition coefficient (Wildman–Crippen LogP) is 4.60. The van der Waals surface area contributed by atoms with Crippen LogP contribution in [0.4, 0.5) is 17.5 Å². The van der Waals surface area contributed by atoms with Gasteiger partial charge in [-0.3, -0.25) is 0 Å². The van der Waals surface area contributed by atoms with Gasteiger partial charge < -0.3 is 10.2 Å². The summed E-state index contributed by atoms with van der Waals surface area (Å²) >= 11 is 6.18. The molecule has 0 atom stereocenters. The molecule has 5 nitrogen and oxygen atoms in total. The van der Waals surface area contributed by atoms with Gasteiger partial charge in [-0.2, -0.15) is 10.1 Å². The van der Waals surface area contributed by atoms with E-state index in [0.717, 1.165) is 24.3 Å². The molecular weight excluding hydrogens is 334 g/mol. The maximum atomic E-state index is 6.18. The van der Waals surface area contributed by atoms with Gasteiger partial charge in [-0.05, 0) is 37.1 Å². The van der Waals surface area contributed by atoms with Crippen molar-refractivity contribution in [2.24, 2.45) is 0 Å². The van der Waals surface area contributed by atoms with Crippen molar-refractivity contribution < 1.29 is 0 Å². The van der Waals surface area contributed by atoms with Crippen molar-refractivity contribution in [3.05, 3.63) is 70.9 Å². The van der Waals surface area contributed by atoms with Crippen molar-refractivity contribution in [1.29, 1.82) is 0 Å². The minimum atomic E-state index is 0.592. The highest BCUT2D eigenvalue weighted by Gasteiger charge is 2.10. The summed E-state index contributed by atoms with van der Waals surface area (Å²) in [7, 11) is 0. The first-order valence-corrected chi connectivity index (χ1v) is 8.55. The van der Waals surface area contributed by atoms with E-state index in [9.17, 15) is 0 Å². The molecule has 0 saturated carbocycles. The quantitative estimate of drug-likeness (QED) is 0.701. The van der Waals surface area contributed by atoms with Gasteiger partial charge in [-0.25, -0.2) is 0 Å². The third kappa shape index (κ3) is 4.45. The molecule has 0 aliphatic carbocycles. The van der Waals surface area contributed by atoms with Gasteiger partial charge in [0.2, 0.25) is 5.95 Å². The Kier molecular flexibility index (Phi) is 5.46. The van der Waals surface area contributed by atoms with Crippen LogP contribution in [0.25, 0.3) is 0 Å². The van der Waals surface area contributed by atoms with Crippen molar-refractivity contribution in [3.8, 4) is 0 Å². The highest BCUT2D eigenvalue weighted by Crippen LogP contribution is 2.23. The van der Waals surface area contributed by atoms with E-state index in [1.165, 1.54) is 5.56 Å². The lowest BCUT2D eigenvalue weighted by atomic mass is 10.2. The summed E-state index contributed by atoms with van der Waals surface area (Å²) in [6.07, 6.45) is 1.60. The lowest BCUT2D eigenvalue weighted by Gasteiger charge is -2.20. The van der Waals surface area contributed by atoms with E-state index in [-0.39, 0.29) is 0 Å². The van der Waals surface area contributed by atoms with Gasteiger partial charge in [0.25, 0.3) is 0 Å². The van der Waals surface area contributed by atoms with E-state index in [2.05, 4.69) is 44.5 Å². The maximum absolute atomic E-state index is 6.18. The Bertz CT molecular complexity index is 838. The Labute approximate surface area is 152 Å². The minimum Gasteiger partial charge on any atom is -0.339 e. The van der Waals surface area contributed by atoms with Crippen LogP contribution < -0.4 is 10.2 Å². The summed E-state index contributed by atoms with van der Waals surface area (Å²) in [5.41, 5.74) is 3.11. The zero-order valence-corrected chi connectivity index (χ0v) is 15.0. The molecule has 3 aromatic rings. The van der Waals surface area contributed by atoms with E-state index in [4.69, 9.17) is 11.6 Å². The molecule has 6 heteroatoms. The van der Waals surface area contributed by atoms with Crippen LogP contribution in [0.15, 0.2) is 54.7 Å². The number of nitrogens with one attached hydrogen (secondary N) is 1. The molecule has 0 bridgehead atoms. The van der Waals surface area contributed by atoms with Crippen LogP contribution in [-0.4, -0.2) is 21.7 Å². The topological polar surface area (TPSA) is 53.9 Å². The van der Waals surface area contributed by atoms with Crippen molar-refractivity contribution in [3.63, 3.8) is 0 Å². The van der Waals surface area contributed by atoms with Crippen molar-refractivity contribution in [1.82, 2.24) is 15.2 Å². The SMILES string of the molecule is CCN(Cc1ccccc1)c1nncc(Nc2ccc(C)c(Cl)c2)n1. The van der Waals surface area contributed by atoms with Crippen LogP contribution in [0.1, 0.15) is 18.1 Å². The zero-order valence-electron chi connectivity index (χ0n) is 14.3. The van der Waals surface area contributed by atoms with Crippen LogP contribution in [0.5, 0.6) is 0 Å². The lowest BCUT2D eigenvalue weighted by Crippen LogP contribution is -2.24. The van der Waals surface area contributed by atoms with Crippen molar-refractivity contribution in [2.75, 3.05) is 16.8 Å². The molecule has 0 unspecified atom stereocenters. The molecule has 0 radical (unpaired) electrons. The summed E-state index contributed by atoms with van der Waals surface area (Å²) in [6.45, 7) is 5.57. The average molecular weight is 354 g/mol. The summed E-state index contributed by atoms with van der Waals surface area (Å²) < 4.78 is 0. The highest BCUT2D eigenvalue weighted by atomic mass is 35.5. The van der Waals surface area contributed by atoms with E-state index < -0.39 is 0 Å². The first-order chi connectivity index (χ1) is 12.2. The van der Waals surface area contributed by atoms with Crippen molar-refractivity contribution >= 4 is 29.1 Å². The van der Waals surface area contributed by atoms with Crippen LogP contribution in [-0.2, 0) is 6.54 Å². The standard InChI is InChI=1S/C19H20ClN5/c1-3-25(13-15-7-5-4-6-8-15)19-23-18(12-21-24-19)22-16-10-9-14(2)17(20)11-16/h4-12H,3,13H2,1-2H3,(H,22,23,24). The largest absolute Gasteiger partial charge is 0.339 e. The van der Waals surface area contributed by atoms with Crippen LogP contribution >= 0.6 is 11.6 Å². The fourth-order valence-electron chi connectivity index (χ4n) is 2.43. The van der Waals surface area contributed by atoms with Gasteiger partial charge in [0.1, 0.15) is 0 Å². The molecule has 3 rings (SSSR count). The summed E-state index contributed by atoms with van der Waals surface area (Å²) in [6, 6.07) is 16.1. The molecule has 0 aliphatic rings. The second-order valence-corrected chi connectivity index (χ2v) is 6.14. The van der Waals surface area contributed by atoms with Crippen molar-refractivity contribution in [2.45, 2.75) is 20.4 Å². The summed E-state index contributed by atoms with van der Waals surface area (Å²) in [5.74, 6) is 1.23. The van der Waals surface area contributed by atoms with Crippen LogP contribution in [0.3, 0.4) is 0 Å². The number of benzene rings is 2. The molecule has 1 aromatic heterocycles. The lowest BCUT2D eigenvalue weighted by molar-refractivity contribution is 0.771. The van der Waals surface area contributed by atoms with E-state index in [1.807, 2.05) is 43.3 Å². The zero-order chi connectivity index (χ0) is 17.6. The van der Waals surface area contributed by atoms with Gasteiger partial charge in [-0.15, -0.1) is 5.10 Å². The number of rotatable bonds is 6. The Balaban J connectivity index is 1.78. The van der Waals surface area contributed by atoms with Crippen LogP contribution in [0, 0.1) is 6.92 Å². The molecule has 25 heavy (non-hydrogen) atoms. The number of nitrogens with zero attached hydrogens (tertiary/aromatic N) is 4. The van der Waals surface area contributed by atoms with Gasteiger partial charge in [0.15, 0.2) is 5.82 Å². The fourth-order valence-corrected chi connectivity index (χ4v) is 2.62. The van der Waals surface area contributed by atoms with Crippen LogP contribution in [0.2, 0.25) is 5.02 Å². The number of aromatic nitrogens is 3. The molecule has 0 fully saturated rings. The normalized spacial score (nSPS) is 10.5. The average Bonchev–Trinajstić information content (AvgIpc) is 2.64. The highest BCUT2D eigenvalue weighted by molar-refractivity contribution is 6.31. The summed E-state index contributed by atoms with van der Waals surface area (Å²) in [4.78, 5) is 6.66. The predicted molar refractivity (Wildman–Crippen MR) is 102 cm³/mol. The third-order valence-electron chi connectivity index (χ3n) is 3.87. The van der Waals surface area contributed by atoms with E-state index >= 15 is 0 Å². The Hall–Kier alpha value is -2.66. The second kappa shape index (κ2) is 7.94. The molecule has 0 amide bonds. The van der Waals surface area contributed by atoms with E-state index in [0.29, 0.717) is 16.8 Å². The monoisotopic (exact) mass is 353 g/mol. The minimum absolute atomic E-state index is 0.592. The fraction of sp³-hybridized carbons (Fsp3) is 0.211. The van der Waals surface area contributed by atoms with Gasteiger partial charge >= 0.3 is 0 Å². The first-order valence-electron chi connectivity index (χ1n) is 8.17. The molecule has 2 aromatic carbocycles. The maximum Gasteiger partial charge on any atom is 0.247 e. The number of aryl methyl sites for hydroxylation is 1. The second-order valence-electron chi connectivity index (χ2n) is 5.73. The number of hydrogen-bond donors (Lipinski definition) is 1. The third-order valence-corrected chi connectivity index (χ3v) is 4.28. The molecular formula is C19H20ClN5. The smallest absolute Gasteiger partial charge is 0.247 e. The molecule has 0 aliphatic heterocycles. The number of anilines is 3. The Morgan fingerprint density at radius 2 is 1.92 bits per heavy atom. The Morgan fingerprint density at radius 1 is 1.12 bits per heavy atom. The van der Waals surface area contributed by atoms with Gasteiger partial charge in [0, 0.05) is 23.8 Å². The molecule has 1 N–H and O–H groups in total. The molecule has 128 valence electrons. The Morgan fingerprint density at radius 3 is 2.64 bits per heavy atom. The molecule has 0 spiro atoms. The first kappa shape index (κ1) is 17.2. The summed E-state index contributed by atoms with van der Waals surface area (Å²) in [5, 5.41) is 12.2. The molecule has 0 saturated heterocycles. The molecule has 1 heterocycles. The van der Waals surface area contributed by atoms with Gasteiger partial charge in [-0.1, -0.05) is 48.0 Å². The number of halogens is 1. The van der Waals surface area contributed by atoms with E-state index in [1.54, 1.807) is 6.20 Å².